The van der Waals surface area contributed by atoms with Gasteiger partial charge in [0.25, 0.3) is 5.91 Å². The highest BCUT2D eigenvalue weighted by Gasteiger charge is 2.44. The second-order valence-corrected chi connectivity index (χ2v) is 8.99. The Morgan fingerprint density at radius 1 is 1.11 bits per heavy atom. The normalized spacial score (nSPS) is 19.5. The van der Waals surface area contributed by atoms with Crippen molar-refractivity contribution in [2.75, 3.05) is 13.1 Å². The van der Waals surface area contributed by atoms with Crippen LogP contribution in [0.4, 0.5) is 0 Å². The average molecular weight is 385 g/mol. The second-order valence-electron chi connectivity index (χ2n) is 8.02. The van der Waals surface area contributed by atoms with Gasteiger partial charge in [-0.1, -0.05) is 52.0 Å². The number of amides is 2. The Morgan fingerprint density at radius 2 is 1.85 bits per heavy atom. The zero-order valence-corrected chi connectivity index (χ0v) is 17.3. The first-order valence-corrected chi connectivity index (χ1v) is 10.5. The molecular weight excluding hydrogens is 356 g/mol. The number of hydrogen-bond donors (Lipinski definition) is 1. The number of benzene rings is 1. The molecule has 1 aliphatic heterocycles. The summed E-state index contributed by atoms with van der Waals surface area (Å²) < 4.78 is 0. The maximum absolute atomic E-state index is 13.3. The molecule has 2 atom stereocenters. The summed E-state index contributed by atoms with van der Waals surface area (Å²) in [6, 6.07) is 11.3. The molecule has 2 heterocycles. The Balaban J connectivity index is 2.10. The molecule has 2 amide bonds. The van der Waals surface area contributed by atoms with Gasteiger partial charge in [0, 0.05) is 23.5 Å². The summed E-state index contributed by atoms with van der Waals surface area (Å²) in [5.74, 6) is 0.318. The van der Waals surface area contributed by atoms with Gasteiger partial charge < -0.3 is 10.2 Å². The quantitative estimate of drug-likeness (QED) is 0.799. The summed E-state index contributed by atoms with van der Waals surface area (Å²) in [5, 5.41) is 5.11. The Hall–Kier alpha value is -2.14. The van der Waals surface area contributed by atoms with Crippen molar-refractivity contribution in [2.45, 2.75) is 39.7 Å². The van der Waals surface area contributed by atoms with Crippen LogP contribution in [-0.4, -0.2) is 29.8 Å². The van der Waals surface area contributed by atoms with Gasteiger partial charge in [0.1, 0.15) is 0 Å². The lowest BCUT2D eigenvalue weighted by Crippen LogP contribution is -2.48. The van der Waals surface area contributed by atoms with E-state index in [1.54, 1.807) is 11.3 Å². The first-order valence-electron chi connectivity index (χ1n) is 9.61. The van der Waals surface area contributed by atoms with Gasteiger partial charge in [0.15, 0.2) is 0 Å². The van der Waals surface area contributed by atoms with Crippen molar-refractivity contribution in [3.8, 4) is 0 Å². The third-order valence-corrected chi connectivity index (χ3v) is 5.75. The predicted octanol–water partition coefficient (Wildman–Crippen LogP) is 4.46. The summed E-state index contributed by atoms with van der Waals surface area (Å²) in [6.07, 6.45) is 0. The van der Waals surface area contributed by atoms with Gasteiger partial charge >= 0.3 is 0 Å². The molecule has 1 aromatic carbocycles. The summed E-state index contributed by atoms with van der Waals surface area (Å²) in [7, 11) is 0. The zero-order chi connectivity index (χ0) is 19.6. The zero-order valence-electron chi connectivity index (χ0n) is 16.4. The van der Waals surface area contributed by atoms with Crippen molar-refractivity contribution < 1.29 is 9.59 Å². The number of carbonyl (C=O) groups excluding carboxylic acids is 2. The van der Waals surface area contributed by atoms with Crippen LogP contribution in [0, 0.1) is 11.8 Å². The molecule has 27 heavy (non-hydrogen) atoms. The number of rotatable bonds is 6. The monoisotopic (exact) mass is 384 g/mol. The largest absolute Gasteiger partial charge is 0.355 e. The molecule has 0 spiro atoms. The van der Waals surface area contributed by atoms with Gasteiger partial charge in [-0.05, 0) is 34.9 Å². The van der Waals surface area contributed by atoms with E-state index in [1.807, 2.05) is 46.7 Å². The van der Waals surface area contributed by atoms with E-state index in [9.17, 15) is 9.59 Å². The Kier molecular flexibility index (Phi) is 6.00. The van der Waals surface area contributed by atoms with Crippen LogP contribution in [0.2, 0.25) is 0 Å². The van der Waals surface area contributed by atoms with Gasteiger partial charge in [-0.25, -0.2) is 0 Å². The Morgan fingerprint density at radius 3 is 2.48 bits per heavy atom. The maximum atomic E-state index is 13.3. The molecule has 0 saturated carbocycles. The number of nitrogens with one attached hydrogen (secondary N) is 1. The van der Waals surface area contributed by atoms with Crippen LogP contribution in [-0.2, 0) is 4.79 Å². The van der Waals surface area contributed by atoms with Crippen molar-refractivity contribution in [1.82, 2.24) is 10.2 Å². The van der Waals surface area contributed by atoms with Gasteiger partial charge in [0.2, 0.25) is 5.91 Å². The van der Waals surface area contributed by atoms with E-state index in [-0.39, 0.29) is 17.9 Å². The summed E-state index contributed by atoms with van der Waals surface area (Å²) in [5.41, 5.74) is 1.48. The molecule has 144 valence electrons. The molecule has 1 aliphatic rings. The number of nitrogens with zero attached hydrogens (tertiary/aromatic N) is 1. The van der Waals surface area contributed by atoms with Crippen molar-refractivity contribution in [1.29, 1.82) is 0 Å². The molecule has 0 unspecified atom stereocenters. The fourth-order valence-corrected chi connectivity index (χ4v) is 4.53. The molecule has 0 radical (unpaired) electrons. The molecule has 1 N–H and O–H groups in total. The van der Waals surface area contributed by atoms with Crippen molar-refractivity contribution in [3.63, 3.8) is 0 Å². The van der Waals surface area contributed by atoms with Gasteiger partial charge in [-0.15, -0.1) is 11.3 Å². The number of fused-ring (bicyclic) bond motifs is 1. The van der Waals surface area contributed by atoms with E-state index in [0.29, 0.717) is 30.5 Å². The smallest absolute Gasteiger partial charge is 0.254 e. The van der Waals surface area contributed by atoms with Gasteiger partial charge in [-0.3, -0.25) is 9.59 Å². The molecular formula is C22H28N2O2S. The first-order chi connectivity index (χ1) is 12.9. The lowest BCUT2D eigenvalue weighted by atomic mass is 9.81. The molecule has 2 aromatic rings. The van der Waals surface area contributed by atoms with Crippen LogP contribution >= 0.6 is 11.3 Å². The summed E-state index contributed by atoms with van der Waals surface area (Å²) in [6.45, 7) is 9.64. The van der Waals surface area contributed by atoms with Crippen LogP contribution in [0.15, 0.2) is 41.8 Å². The number of carbonyl (C=O) groups is 2. The predicted molar refractivity (Wildman–Crippen MR) is 110 cm³/mol. The standard InChI is InChI=1S/C22H28N2O2S/c1-14(2)12-23-21(25)19-16-8-5-6-9-17(16)22(26)24(13-15(3)4)20(19)18-10-7-11-27-18/h5-11,14-15,19-20H,12-13H2,1-4H3,(H,23,25)/t19-,20-/m0/s1. The van der Waals surface area contributed by atoms with Crippen molar-refractivity contribution in [3.05, 3.63) is 57.8 Å². The minimum atomic E-state index is -0.393. The minimum absolute atomic E-state index is 0.00388. The molecule has 3 rings (SSSR count). The minimum Gasteiger partial charge on any atom is -0.355 e. The van der Waals surface area contributed by atoms with E-state index in [2.05, 4.69) is 33.0 Å². The fourth-order valence-electron chi connectivity index (χ4n) is 3.66. The molecule has 5 heteroatoms. The SMILES string of the molecule is CC(C)CNC(=O)[C@H]1c2ccccc2C(=O)N(CC(C)C)[C@H]1c1cccs1. The van der Waals surface area contributed by atoms with Gasteiger partial charge in [0.05, 0.1) is 12.0 Å². The lowest BCUT2D eigenvalue weighted by molar-refractivity contribution is -0.124. The molecule has 0 bridgehead atoms. The van der Waals surface area contributed by atoms with E-state index < -0.39 is 5.92 Å². The highest BCUT2D eigenvalue weighted by Crippen LogP contribution is 2.44. The molecule has 4 nitrogen and oxygen atoms in total. The average Bonchev–Trinajstić information content (AvgIpc) is 3.15. The van der Waals surface area contributed by atoms with Crippen LogP contribution in [0.1, 0.15) is 60.5 Å². The topological polar surface area (TPSA) is 49.4 Å². The molecule has 1 aromatic heterocycles. The van der Waals surface area contributed by atoms with Crippen LogP contribution in [0.5, 0.6) is 0 Å². The van der Waals surface area contributed by atoms with Crippen LogP contribution < -0.4 is 5.32 Å². The van der Waals surface area contributed by atoms with E-state index in [1.165, 1.54) is 0 Å². The van der Waals surface area contributed by atoms with Crippen molar-refractivity contribution in [2.24, 2.45) is 11.8 Å². The summed E-state index contributed by atoms with van der Waals surface area (Å²) >= 11 is 1.61. The van der Waals surface area contributed by atoms with Crippen LogP contribution in [0.3, 0.4) is 0 Å². The maximum Gasteiger partial charge on any atom is 0.254 e. The fraction of sp³-hybridized carbons (Fsp3) is 0.455. The molecule has 0 fully saturated rings. The first kappa shape index (κ1) is 19.6. The van der Waals surface area contributed by atoms with Gasteiger partial charge in [-0.2, -0.15) is 0 Å². The Labute approximate surface area is 165 Å². The number of hydrogen-bond acceptors (Lipinski definition) is 3. The third kappa shape index (κ3) is 4.08. The third-order valence-electron chi connectivity index (χ3n) is 4.80. The molecule has 0 saturated heterocycles. The van der Waals surface area contributed by atoms with E-state index in [0.717, 1.165) is 10.4 Å². The van der Waals surface area contributed by atoms with Crippen molar-refractivity contribution >= 4 is 23.2 Å². The second kappa shape index (κ2) is 8.26. The highest BCUT2D eigenvalue weighted by atomic mass is 32.1. The highest BCUT2D eigenvalue weighted by molar-refractivity contribution is 7.10. The van der Waals surface area contributed by atoms with E-state index >= 15 is 0 Å². The van der Waals surface area contributed by atoms with Crippen LogP contribution in [0.25, 0.3) is 0 Å². The summed E-state index contributed by atoms with van der Waals surface area (Å²) in [4.78, 5) is 29.5. The molecule has 0 aliphatic carbocycles. The Bertz CT molecular complexity index is 798. The van der Waals surface area contributed by atoms with E-state index in [4.69, 9.17) is 0 Å². The number of thiophene rings is 1. The lowest BCUT2D eigenvalue weighted by Gasteiger charge is -2.42.